The largest absolute Gasteiger partial charge is 0.464 e. The first kappa shape index (κ1) is 29.5. The Labute approximate surface area is 249 Å². The van der Waals surface area contributed by atoms with E-state index in [2.05, 4.69) is 15.1 Å². The maximum atomic E-state index is 15.7. The van der Waals surface area contributed by atoms with Gasteiger partial charge in [-0.05, 0) is 36.1 Å². The highest BCUT2D eigenvalue weighted by atomic mass is 19.4. The zero-order valence-electron chi connectivity index (χ0n) is 24.1. The summed E-state index contributed by atoms with van der Waals surface area (Å²) < 4.78 is 70.6. The molecule has 0 aliphatic carbocycles. The number of ether oxygens (including phenoxy) is 2. The number of hydrogen-bond acceptors (Lipinski definition) is 8. The van der Waals surface area contributed by atoms with Crippen molar-refractivity contribution in [1.82, 2.24) is 24.2 Å². The van der Waals surface area contributed by atoms with Crippen LogP contribution in [-0.4, -0.2) is 49.3 Å². The summed E-state index contributed by atoms with van der Waals surface area (Å²) in [5.74, 6) is -0.521. The molecule has 1 unspecified atom stereocenters. The van der Waals surface area contributed by atoms with Crippen molar-refractivity contribution in [1.29, 1.82) is 0 Å². The molecule has 0 N–H and O–H groups in total. The van der Waals surface area contributed by atoms with Crippen LogP contribution in [0.15, 0.2) is 70.7 Å². The molecule has 1 atom stereocenters. The number of aliphatic imine (C=N–C) groups is 1. The number of anilines is 1. The number of fused-ring (bicyclic) bond motifs is 2. The summed E-state index contributed by atoms with van der Waals surface area (Å²) >= 11 is 0. The monoisotopic (exact) mass is 611 g/mol. The number of alkyl halides is 3. The van der Waals surface area contributed by atoms with E-state index in [-0.39, 0.29) is 40.3 Å². The Kier molecular flexibility index (Phi) is 7.72. The molecule has 6 rings (SSSR count). The minimum atomic E-state index is -4.69. The van der Waals surface area contributed by atoms with Crippen molar-refractivity contribution in [2.45, 2.75) is 58.9 Å². The predicted molar refractivity (Wildman–Crippen MR) is 154 cm³/mol. The van der Waals surface area contributed by atoms with Gasteiger partial charge < -0.3 is 14.4 Å². The second kappa shape index (κ2) is 11.5. The zero-order valence-corrected chi connectivity index (χ0v) is 24.1. The first-order valence-corrected chi connectivity index (χ1v) is 14.0. The van der Waals surface area contributed by atoms with Gasteiger partial charge in [0, 0.05) is 30.4 Å². The maximum absolute atomic E-state index is 15.7. The Bertz CT molecular complexity index is 1820. The fourth-order valence-corrected chi connectivity index (χ4v) is 5.33. The molecule has 4 aromatic rings. The molecular formula is C30H29F4N7O3. The maximum Gasteiger partial charge on any atom is 0.464 e. The van der Waals surface area contributed by atoms with Crippen LogP contribution in [0, 0.1) is 5.82 Å². The second-order valence-electron chi connectivity index (χ2n) is 10.6. The lowest BCUT2D eigenvalue weighted by atomic mass is 9.98. The molecule has 0 bridgehead atoms. The van der Waals surface area contributed by atoms with E-state index in [9.17, 15) is 18.0 Å². The van der Waals surface area contributed by atoms with Crippen LogP contribution in [-0.2, 0) is 29.2 Å². The van der Waals surface area contributed by atoms with E-state index >= 15 is 4.39 Å². The Morgan fingerprint density at radius 1 is 1.11 bits per heavy atom. The Morgan fingerprint density at radius 2 is 1.89 bits per heavy atom. The number of rotatable bonds is 8. The summed E-state index contributed by atoms with van der Waals surface area (Å²) in [6.45, 7) is 5.53. The van der Waals surface area contributed by atoms with Crippen molar-refractivity contribution < 1.29 is 27.0 Å². The van der Waals surface area contributed by atoms with Crippen LogP contribution in [0.2, 0.25) is 0 Å². The Balaban J connectivity index is 1.38. The van der Waals surface area contributed by atoms with Gasteiger partial charge in [0.1, 0.15) is 18.1 Å². The van der Waals surface area contributed by atoms with Gasteiger partial charge in [-0.3, -0.25) is 4.57 Å². The molecule has 1 fully saturated rings. The molecule has 14 heteroatoms. The van der Waals surface area contributed by atoms with Crippen LogP contribution >= 0.6 is 0 Å². The third-order valence-electron chi connectivity index (χ3n) is 7.49. The molecule has 0 amide bonds. The summed E-state index contributed by atoms with van der Waals surface area (Å²) in [6.07, 6.45) is -3.38. The van der Waals surface area contributed by atoms with Gasteiger partial charge >= 0.3 is 12.0 Å². The van der Waals surface area contributed by atoms with E-state index < -0.39 is 30.7 Å². The normalized spacial score (nSPS) is 17.0. The quantitative estimate of drug-likeness (QED) is 0.195. The summed E-state index contributed by atoms with van der Waals surface area (Å²) in [7, 11) is 0. The molecule has 2 aromatic carbocycles. The molecule has 0 saturated carbocycles. The van der Waals surface area contributed by atoms with Crippen LogP contribution in [0.4, 0.5) is 23.4 Å². The summed E-state index contributed by atoms with van der Waals surface area (Å²) in [4.78, 5) is 23.3. The second-order valence-corrected chi connectivity index (χ2v) is 10.6. The van der Waals surface area contributed by atoms with E-state index in [1.54, 1.807) is 13.0 Å². The van der Waals surface area contributed by atoms with Gasteiger partial charge in [-0.15, -0.1) is 10.00 Å². The van der Waals surface area contributed by atoms with Gasteiger partial charge in [0.05, 0.1) is 12.1 Å². The smallest absolute Gasteiger partial charge is 0.462 e. The molecule has 230 valence electrons. The lowest BCUT2D eigenvalue weighted by Crippen LogP contribution is -2.52. The van der Waals surface area contributed by atoms with E-state index in [1.165, 1.54) is 34.0 Å². The molecule has 0 radical (unpaired) electrons. The number of benzene rings is 2. The van der Waals surface area contributed by atoms with Gasteiger partial charge in [-0.25, -0.2) is 19.2 Å². The van der Waals surface area contributed by atoms with Gasteiger partial charge in [0.2, 0.25) is 5.90 Å². The fourth-order valence-electron chi connectivity index (χ4n) is 5.33. The number of pyridine rings is 1. The zero-order chi connectivity index (χ0) is 31.2. The van der Waals surface area contributed by atoms with Crippen molar-refractivity contribution in [2.24, 2.45) is 4.99 Å². The lowest BCUT2D eigenvalue weighted by Gasteiger charge is -2.33. The molecule has 4 heterocycles. The van der Waals surface area contributed by atoms with Crippen molar-refractivity contribution >= 4 is 22.6 Å². The van der Waals surface area contributed by atoms with Crippen molar-refractivity contribution in [3.63, 3.8) is 0 Å². The van der Waals surface area contributed by atoms with Crippen LogP contribution in [0.3, 0.4) is 0 Å². The molecule has 1 saturated heterocycles. The molecule has 2 aliphatic rings. The summed E-state index contributed by atoms with van der Waals surface area (Å²) in [6, 6.07) is 13.9. The van der Waals surface area contributed by atoms with Gasteiger partial charge in [-0.2, -0.15) is 17.9 Å². The van der Waals surface area contributed by atoms with Crippen molar-refractivity contribution in [2.75, 3.05) is 11.6 Å². The minimum Gasteiger partial charge on any atom is -0.462 e. The van der Waals surface area contributed by atoms with Crippen LogP contribution in [0.25, 0.3) is 16.6 Å². The number of aromatic nitrogens is 4. The van der Waals surface area contributed by atoms with E-state index in [4.69, 9.17) is 9.47 Å². The third kappa shape index (κ3) is 5.35. The number of halogens is 4. The number of hydrogen-bond donors (Lipinski definition) is 0. The molecule has 44 heavy (non-hydrogen) atoms. The molecule has 2 aliphatic heterocycles. The topological polar surface area (TPSA) is 90.0 Å². The van der Waals surface area contributed by atoms with E-state index in [0.29, 0.717) is 29.9 Å². The minimum absolute atomic E-state index is 0.0385. The third-order valence-corrected chi connectivity index (χ3v) is 7.49. The van der Waals surface area contributed by atoms with Crippen LogP contribution in [0.1, 0.15) is 43.6 Å². The van der Waals surface area contributed by atoms with Crippen LogP contribution < -0.4 is 10.6 Å². The highest BCUT2D eigenvalue weighted by molar-refractivity contribution is 5.90. The SMILES string of the molecule is CCn1c(COCc2ccccc2)nn(-c2cc3c(C(C)C)cc(N4C=CN=C5OCN(C(F)(F)F)C54)nc3cc2F)c1=O. The highest BCUT2D eigenvalue weighted by Crippen LogP contribution is 2.36. The van der Waals surface area contributed by atoms with Gasteiger partial charge in [0.25, 0.3) is 0 Å². The first-order valence-electron chi connectivity index (χ1n) is 14.0. The lowest BCUT2D eigenvalue weighted by molar-refractivity contribution is -0.255. The van der Waals surface area contributed by atoms with Crippen molar-refractivity contribution in [3.8, 4) is 5.69 Å². The Hall–Kier alpha value is -4.56. The highest BCUT2D eigenvalue weighted by Gasteiger charge is 2.52. The van der Waals surface area contributed by atoms with Gasteiger partial charge in [-0.1, -0.05) is 44.2 Å². The number of nitrogens with zero attached hydrogens (tertiary/aromatic N) is 7. The average molecular weight is 612 g/mol. The summed E-state index contributed by atoms with van der Waals surface area (Å²) in [5.41, 5.74) is 1.25. The first-order chi connectivity index (χ1) is 21.1. The average Bonchev–Trinajstić information content (AvgIpc) is 3.57. The molecule has 10 nitrogen and oxygen atoms in total. The Morgan fingerprint density at radius 3 is 2.59 bits per heavy atom. The van der Waals surface area contributed by atoms with Crippen molar-refractivity contribution in [3.05, 3.63) is 94.2 Å². The fraction of sp³-hybridized carbons (Fsp3) is 0.333. The van der Waals surface area contributed by atoms with Gasteiger partial charge in [0.15, 0.2) is 24.5 Å². The molecule has 0 spiro atoms. The standard InChI is InChI=1S/C30H29F4N7O3/c1-4-38-26(16-43-15-19-8-6-5-7-9-19)37-41(29(38)42)24-12-21-20(18(2)3)13-25(36-23(21)14-22(24)31)39-11-10-35-27-28(39)40(17-44-27)30(32,33)34/h5-14,18,28H,4,15-17H2,1-3H3. The van der Waals surface area contributed by atoms with Crippen LogP contribution in [0.5, 0.6) is 0 Å². The molecular weight excluding hydrogens is 582 g/mol. The van der Waals surface area contributed by atoms with E-state index in [1.807, 2.05) is 44.2 Å². The predicted octanol–water partition coefficient (Wildman–Crippen LogP) is 5.41. The molecule has 2 aromatic heterocycles. The summed E-state index contributed by atoms with van der Waals surface area (Å²) in [5, 5.41) is 4.94. The van der Waals surface area contributed by atoms with E-state index in [0.717, 1.165) is 10.2 Å².